The molecule has 1 aliphatic carbocycles. The van der Waals surface area contributed by atoms with E-state index in [1.54, 1.807) is 0 Å². The van der Waals surface area contributed by atoms with Crippen molar-refractivity contribution < 1.29 is 0 Å². The summed E-state index contributed by atoms with van der Waals surface area (Å²) in [5.41, 5.74) is 3.07. The molecule has 0 nitrogen and oxygen atoms in total. The van der Waals surface area contributed by atoms with E-state index in [-0.39, 0.29) is 0 Å². The van der Waals surface area contributed by atoms with Crippen LogP contribution in [0.3, 0.4) is 0 Å². The van der Waals surface area contributed by atoms with Gasteiger partial charge < -0.3 is 0 Å². The fourth-order valence-corrected chi connectivity index (χ4v) is 1.18. The van der Waals surface area contributed by atoms with E-state index in [0.29, 0.717) is 0 Å². The molecule has 1 aromatic rings. The Bertz CT molecular complexity index is 190. The Morgan fingerprint density at radius 2 is 1.62 bits per heavy atom. The Morgan fingerprint density at radius 3 is 2.00 bits per heavy atom. The molecular formula is C8H8. The van der Waals surface area contributed by atoms with Crippen molar-refractivity contribution in [1.29, 1.82) is 0 Å². The van der Waals surface area contributed by atoms with Crippen LogP contribution in [0.5, 0.6) is 0 Å². The standard InChI is InChI=1S/C8H8/c1-6-7-4-2-3-5-8(6)7/h2-6H,1H3. The molecule has 0 aliphatic heterocycles. The normalized spacial score (nSPS) is 15.6. The summed E-state index contributed by atoms with van der Waals surface area (Å²) in [5.74, 6) is 0.769. The quantitative estimate of drug-likeness (QED) is 0.473. The number of hydrogen-bond acceptors (Lipinski definition) is 0. The molecule has 0 fully saturated rings. The van der Waals surface area contributed by atoms with Crippen molar-refractivity contribution >= 4 is 0 Å². The first-order chi connectivity index (χ1) is 3.89. The van der Waals surface area contributed by atoms with E-state index in [1.807, 2.05) is 0 Å². The summed E-state index contributed by atoms with van der Waals surface area (Å²) in [6.45, 7) is 2.24. The third kappa shape index (κ3) is 0.353. The third-order valence-corrected chi connectivity index (χ3v) is 1.85. The van der Waals surface area contributed by atoms with E-state index < -0.39 is 0 Å². The minimum atomic E-state index is 0.769. The van der Waals surface area contributed by atoms with E-state index in [0.717, 1.165) is 5.92 Å². The Hall–Kier alpha value is -0.780. The Balaban J connectivity index is 2.58. The molecule has 8 heavy (non-hydrogen) atoms. The molecular weight excluding hydrogens is 96.1 g/mol. The summed E-state index contributed by atoms with van der Waals surface area (Å²) in [6.07, 6.45) is 0. The van der Waals surface area contributed by atoms with Gasteiger partial charge in [0, 0.05) is 5.92 Å². The lowest BCUT2D eigenvalue weighted by Gasteiger charge is -1.68. The molecule has 1 aliphatic rings. The van der Waals surface area contributed by atoms with Gasteiger partial charge in [-0.05, 0) is 11.1 Å². The van der Waals surface area contributed by atoms with Crippen molar-refractivity contribution in [3.63, 3.8) is 0 Å². The van der Waals surface area contributed by atoms with Gasteiger partial charge in [0.05, 0.1) is 0 Å². The second-order valence-corrected chi connectivity index (χ2v) is 2.35. The number of fused-ring (bicyclic) bond motifs is 1. The van der Waals surface area contributed by atoms with Crippen LogP contribution in [-0.4, -0.2) is 0 Å². The first kappa shape index (κ1) is 4.13. The van der Waals surface area contributed by atoms with Crippen LogP contribution in [0.15, 0.2) is 24.3 Å². The molecule has 0 spiro atoms. The minimum absolute atomic E-state index is 0.769. The van der Waals surface area contributed by atoms with Gasteiger partial charge in [-0.1, -0.05) is 31.2 Å². The molecule has 0 N–H and O–H groups in total. The molecule has 0 radical (unpaired) electrons. The van der Waals surface area contributed by atoms with Crippen LogP contribution < -0.4 is 0 Å². The van der Waals surface area contributed by atoms with Crippen LogP contribution in [0.2, 0.25) is 0 Å². The predicted octanol–water partition coefficient (Wildman–Crippen LogP) is 2.15. The highest BCUT2D eigenvalue weighted by Gasteiger charge is 2.25. The summed E-state index contributed by atoms with van der Waals surface area (Å²) in [7, 11) is 0. The van der Waals surface area contributed by atoms with Gasteiger partial charge in [0.2, 0.25) is 0 Å². The van der Waals surface area contributed by atoms with E-state index in [4.69, 9.17) is 0 Å². The van der Waals surface area contributed by atoms with Gasteiger partial charge >= 0.3 is 0 Å². The largest absolute Gasteiger partial charge is 0.0620 e. The van der Waals surface area contributed by atoms with Gasteiger partial charge in [-0.3, -0.25) is 0 Å². The van der Waals surface area contributed by atoms with Crippen molar-refractivity contribution in [2.75, 3.05) is 0 Å². The summed E-state index contributed by atoms with van der Waals surface area (Å²) < 4.78 is 0. The second kappa shape index (κ2) is 1.13. The molecule has 40 valence electrons. The highest BCUT2D eigenvalue weighted by molar-refractivity contribution is 5.50. The molecule has 2 rings (SSSR count). The average molecular weight is 104 g/mol. The molecule has 0 saturated heterocycles. The molecule has 1 aromatic carbocycles. The van der Waals surface area contributed by atoms with Gasteiger partial charge in [0.15, 0.2) is 0 Å². The third-order valence-electron chi connectivity index (χ3n) is 1.85. The zero-order valence-electron chi connectivity index (χ0n) is 4.89. The molecule has 0 heteroatoms. The first-order valence-electron chi connectivity index (χ1n) is 2.98. The van der Waals surface area contributed by atoms with Crippen LogP contribution in [0, 0.1) is 0 Å². The number of rotatable bonds is 0. The maximum absolute atomic E-state index is 2.24. The van der Waals surface area contributed by atoms with Crippen LogP contribution in [0.25, 0.3) is 0 Å². The maximum Gasteiger partial charge on any atom is 0.00669 e. The van der Waals surface area contributed by atoms with Gasteiger partial charge in [0.1, 0.15) is 0 Å². The predicted molar refractivity (Wildman–Crippen MR) is 34.0 cm³/mol. The highest BCUT2D eigenvalue weighted by Crippen LogP contribution is 2.41. The molecule has 0 saturated carbocycles. The van der Waals surface area contributed by atoms with Crippen molar-refractivity contribution in [3.8, 4) is 0 Å². The Labute approximate surface area is 49.2 Å². The smallest absolute Gasteiger partial charge is 0.00669 e. The van der Waals surface area contributed by atoms with E-state index in [2.05, 4.69) is 31.2 Å². The molecule has 0 atom stereocenters. The number of benzene rings is 1. The van der Waals surface area contributed by atoms with Crippen LogP contribution >= 0.6 is 0 Å². The van der Waals surface area contributed by atoms with Crippen LogP contribution in [0.4, 0.5) is 0 Å². The fraction of sp³-hybridized carbons (Fsp3) is 0.250. The van der Waals surface area contributed by atoms with E-state index in [1.165, 1.54) is 11.1 Å². The van der Waals surface area contributed by atoms with Crippen molar-refractivity contribution in [1.82, 2.24) is 0 Å². The molecule has 0 heterocycles. The molecule has 0 amide bonds. The topological polar surface area (TPSA) is 0 Å². The minimum Gasteiger partial charge on any atom is -0.0620 e. The summed E-state index contributed by atoms with van der Waals surface area (Å²) in [5, 5.41) is 0. The van der Waals surface area contributed by atoms with Gasteiger partial charge in [-0.25, -0.2) is 0 Å². The second-order valence-electron chi connectivity index (χ2n) is 2.35. The summed E-state index contributed by atoms with van der Waals surface area (Å²) in [4.78, 5) is 0. The fourth-order valence-electron chi connectivity index (χ4n) is 1.18. The number of hydrogen-bond donors (Lipinski definition) is 0. The van der Waals surface area contributed by atoms with Crippen molar-refractivity contribution in [2.24, 2.45) is 0 Å². The lowest BCUT2D eigenvalue weighted by atomic mass is 10.4. The molecule has 0 bridgehead atoms. The summed E-state index contributed by atoms with van der Waals surface area (Å²) >= 11 is 0. The summed E-state index contributed by atoms with van der Waals surface area (Å²) in [6, 6.07) is 8.59. The van der Waals surface area contributed by atoms with E-state index >= 15 is 0 Å². The van der Waals surface area contributed by atoms with Gasteiger partial charge in [0.25, 0.3) is 0 Å². The van der Waals surface area contributed by atoms with Gasteiger partial charge in [-0.2, -0.15) is 0 Å². The monoisotopic (exact) mass is 104 g/mol. The van der Waals surface area contributed by atoms with Crippen molar-refractivity contribution in [2.45, 2.75) is 12.8 Å². The SMILES string of the molecule is CC1c2ccccc21. The Kier molecular flexibility index (Phi) is 0.587. The lowest BCUT2D eigenvalue weighted by Crippen LogP contribution is -1.50. The zero-order chi connectivity index (χ0) is 5.56. The Morgan fingerprint density at radius 1 is 1.12 bits per heavy atom. The van der Waals surface area contributed by atoms with Crippen LogP contribution in [0.1, 0.15) is 24.0 Å². The molecule has 0 unspecified atom stereocenters. The van der Waals surface area contributed by atoms with Crippen molar-refractivity contribution in [3.05, 3.63) is 35.4 Å². The first-order valence-corrected chi connectivity index (χ1v) is 2.98. The zero-order valence-corrected chi connectivity index (χ0v) is 4.89. The van der Waals surface area contributed by atoms with Crippen LogP contribution in [-0.2, 0) is 0 Å². The maximum atomic E-state index is 2.24. The average Bonchev–Trinajstić information content (AvgIpc) is 2.46. The highest BCUT2D eigenvalue weighted by atomic mass is 14.3. The lowest BCUT2D eigenvalue weighted by molar-refractivity contribution is 1.14. The molecule has 0 aromatic heterocycles. The van der Waals surface area contributed by atoms with E-state index in [9.17, 15) is 0 Å². The van der Waals surface area contributed by atoms with Gasteiger partial charge in [-0.15, -0.1) is 0 Å².